The second-order valence-corrected chi connectivity index (χ2v) is 7.85. The molecular formula is C23H29N6O+. The van der Waals surface area contributed by atoms with E-state index in [-0.39, 0.29) is 5.95 Å². The van der Waals surface area contributed by atoms with Gasteiger partial charge < -0.3 is 20.7 Å². The van der Waals surface area contributed by atoms with E-state index in [0.29, 0.717) is 5.95 Å². The van der Waals surface area contributed by atoms with Crippen molar-refractivity contribution in [3.63, 3.8) is 0 Å². The highest BCUT2D eigenvalue weighted by Crippen LogP contribution is 2.19. The van der Waals surface area contributed by atoms with Gasteiger partial charge in [-0.2, -0.15) is 15.0 Å². The van der Waals surface area contributed by atoms with Crippen molar-refractivity contribution in [2.45, 2.75) is 25.8 Å². The quantitative estimate of drug-likeness (QED) is 0.559. The number of aromatic nitrogens is 3. The van der Waals surface area contributed by atoms with Gasteiger partial charge in [-0.05, 0) is 55.0 Å². The number of hydrogen-bond acceptors (Lipinski definition) is 6. The molecule has 1 saturated heterocycles. The van der Waals surface area contributed by atoms with Gasteiger partial charge in [0.05, 0.1) is 20.2 Å². The van der Waals surface area contributed by atoms with Gasteiger partial charge in [0.15, 0.2) is 5.82 Å². The standard InChI is InChI=1S/C23H28N6O/c1-30-20-9-7-19(8-10-20)25-23-27-21(26-22(24)28-23)16-29-13-11-18(12-14-29)15-17-5-3-2-4-6-17/h2-10,18H,11-16H2,1H3,(H3,24,25,26,27,28)/p+1. The Hall–Kier alpha value is -3.19. The summed E-state index contributed by atoms with van der Waals surface area (Å²) in [6, 6.07) is 18.4. The summed E-state index contributed by atoms with van der Waals surface area (Å²) in [5.41, 5.74) is 8.25. The molecule has 0 amide bonds. The van der Waals surface area contributed by atoms with Gasteiger partial charge in [-0.1, -0.05) is 30.3 Å². The molecule has 0 atom stereocenters. The van der Waals surface area contributed by atoms with Gasteiger partial charge in [0.25, 0.3) is 0 Å². The summed E-state index contributed by atoms with van der Waals surface area (Å²) < 4.78 is 5.19. The van der Waals surface area contributed by atoms with Crippen LogP contribution in [0.3, 0.4) is 0 Å². The Morgan fingerprint density at radius 3 is 2.43 bits per heavy atom. The molecule has 1 aliphatic rings. The number of anilines is 3. The van der Waals surface area contributed by atoms with E-state index in [0.717, 1.165) is 42.8 Å². The maximum absolute atomic E-state index is 5.94. The molecule has 0 saturated carbocycles. The van der Waals surface area contributed by atoms with E-state index in [2.05, 4.69) is 50.6 Å². The van der Waals surface area contributed by atoms with Crippen molar-refractivity contribution in [2.24, 2.45) is 5.92 Å². The monoisotopic (exact) mass is 405 g/mol. The Bertz CT molecular complexity index is 940. The van der Waals surface area contributed by atoms with Gasteiger partial charge in [0.1, 0.15) is 12.3 Å². The third-order valence-corrected chi connectivity index (χ3v) is 5.63. The largest absolute Gasteiger partial charge is 0.497 e. The average Bonchev–Trinajstić information content (AvgIpc) is 2.76. The number of hydrogen-bond donors (Lipinski definition) is 3. The Kier molecular flexibility index (Phi) is 6.39. The van der Waals surface area contributed by atoms with E-state index in [1.165, 1.54) is 29.7 Å². The zero-order valence-electron chi connectivity index (χ0n) is 17.3. The molecule has 0 aliphatic carbocycles. The first-order valence-corrected chi connectivity index (χ1v) is 10.5. The number of ether oxygens (including phenoxy) is 1. The van der Waals surface area contributed by atoms with Crippen LogP contribution in [0.25, 0.3) is 0 Å². The highest BCUT2D eigenvalue weighted by Gasteiger charge is 2.23. The van der Waals surface area contributed by atoms with E-state index in [4.69, 9.17) is 10.5 Å². The van der Waals surface area contributed by atoms with Crippen molar-refractivity contribution in [1.29, 1.82) is 0 Å². The predicted octanol–water partition coefficient (Wildman–Crippen LogP) is 2.24. The summed E-state index contributed by atoms with van der Waals surface area (Å²) >= 11 is 0. The van der Waals surface area contributed by atoms with E-state index in [1.54, 1.807) is 7.11 Å². The van der Waals surface area contributed by atoms with Gasteiger partial charge in [0.2, 0.25) is 11.9 Å². The van der Waals surface area contributed by atoms with E-state index >= 15 is 0 Å². The topological polar surface area (TPSA) is 90.4 Å². The fraction of sp³-hybridized carbons (Fsp3) is 0.348. The van der Waals surface area contributed by atoms with E-state index in [1.807, 2.05) is 24.3 Å². The van der Waals surface area contributed by atoms with Crippen LogP contribution in [-0.2, 0) is 13.0 Å². The molecule has 1 aliphatic heterocycles. The Labute approximate surface area is 177 Å². The fourth-order valence-electron chi connectivity index (χ4n) is 4.01. The highest BCUT2D eigenvalue weighted by atomic mass is 16.5. The molecule has 30 heavy (non-hydrogen) atoms. The molecule has 4 rings (SSSR count). The molecule has 1 fully saturated rings. The van der Waals surface area contributed by atoms with Crippen LogP contribution < -0.4 is 20.7 Å². The number of benzene rings is 2. The van der Waals surface area contributed by atoms with E-state index < -0.39 is 0 Å². The molecule has 7 heteroatoms. The predicted molar refractivity (Wildman–Crippen MR) is 118 cm³/mol. The molecule has 1 aromatic heterocycles. The van der Waals surface area contributed by atoms with Crippen LogP contribution >= 0.6 is 0 Å². The molecule has 2 aromatic carbocycles. The Morgan fingerprint density at radius 1 is 1.00 bits per heavy atom. The number of quaternary nitrogens is 1. The second-order valence-electron chi connectivity index (χ2n) is 7.85. The minimum atomic E-state index is 0.245. The number of nitrogens with zero attached hydrogens (tertiary/aromatic N) is 3. The lowest BCUT2D eigenvalue weighted by atomic mass is 9.90. The summed E-state index contributed by atoms with van der Waals surface area (Å²) in [4.78, 5) is 14.7. The normalized spacial score (nSPS) is 18.7. The molecule has 2 heterocycles. The molecule has 0 unspecified atom stereocenters. The number of nitrogens with two attached hydrogens (primary N) is 1. The van der Waals surface area contributed by atoms with Crippen LogP contribution in [-0.4, -0.2) is 35.2 Å². The highest BCUT2D eigenvalue weighted by molar-refractivity contribution is 5.55. The first kappa shape index (κ1) is 20.1. The maximum Gasteiger partial charge on any atom is 0.232 e. The number of piperidine rings is 1. The SMILES string of the molecule is COc1ccc(Nc2nc(N)nc(C[NH+]3CCC(Cc4ccccc4)CC3)n2)cc1. The molecule has 7 nitrogen and oxygen atoms in total. The van der Waals surface area contributed by atoms with Crippen molar-refractivity contribution >= 4 is 17.6 Å². The summed E-state index contributed by atoms with van der Waals surface area (Å²) in [6.45, 7) is 3.02. The number of nitrogen functional groups attached to an aromatic ring is 1. The van der Waals surface area contributed by atoms with Crippen LogP contribution in [0.15, 0.2) is 54.6 Å². The van der Waals surface area contributed by atoms with Gasteiger partial charge in [-0.25, -0.2) is 0 Å². The van der Waals surface area contributed by atoms with Crippen LogP contribution in [0.5, 0.6) is 5.75 Å². The smallest absolute Gasteiger partial charge is 0.232 e. The maximum atomic E-state index is 5.94. The van der Waals surface area contributed by atoms with Crippen LogP contribution in [0.4, 0.5) is 17.6 Å². The van der Waals surface area contributed by atoms with Crippen LogP contribution in [0.1, 0.15) is 24.2 Å². The molecule has 4 N–H and O–H groups in total. The third-order valence-electron chi connectivity index (χ3n) is 5.63. The first-order valence-electron chi connectivity index (χ1n) is 10.5. The lowest BCUT2D eigenvalue weighted by Crippen LogP contribution is -3.11. The second kappa shape index (κ2) is 9.54. The van der Waals surface area contributed by atoms with Crippen molar-refractivity contribution in [3.8, 4) is 5.75 Å². The fourth-order valence-corrected chi connectivity index (χ4v) is 4.01. The van der Waals surface area contributed by atoms with Crippen LogP contribution in [0.2, 0.25) is 0 Å². The molecular weight excluding hydrogens is 376 g/mol. The van der Waals surface area contributed by atoms with E-state index in [9.17, 15) is 0 Å². The first-order chi connectivity index (χ1) is 14.7. The Balaban J connectivity index is 1.33. The molecule has 0 spiro atoms. The molecule has 0 bridgehead atoms. The minimum Gasteiger partial charge on any atom is -0.497 e. The van der Waals surface area contributed by atoms with Gasteiger partial charge in [-0.15, -0.1) is 0 Å². The van der Waals surface area contributed by atoms with Crippen molar-refractivity contribution in [3.05, 3.63) is 66.0 Å². The van der Waals surface area contributed by atoms with Gasteiger partial charge in [0, 0.05) is 5.69 Å². The number of likely N-dealkylation sites (tertiary alicyclic amines) is 1. The van der Waals surface area contributed by atoms with Gasteiger partial charge in [-0.3, -0.25) is 0 Å². The summed E-state index contributed by atoms with van der Waals surface area (Å²) in [7, 11) is 1.65. The van der Waals surface area contributed by atoms with Gasteiger partial charge >= 0.3 is 0 Å². The molecule has 156 valence electrons. The average molecular weight is 406 g/mol. The summed E-state index contributed by atoms with van der Waals surface area (Å²) in [5, 5.41) is 3.20. The molecule has 3 aromatic rings. The van der Waals surface area contributed by atoms with Crippen molar-refractivity contribution < 1.29 is 9.64 Å². The lowest BCUT2D eigenvalue weighted by Gasteiger charge is -2.29. The lowest BCUT2D eigenvalue weighted by molar-refractivity contribution is -0.920. The Morgan fingerprint density at radius 2 is 1.73 bits per heavy atom. The summed E-state index contributed by atoms with van der Waals surface area (Å²) in [6.07, 6.45) is 3.62. The third kappa shape index (κ3) is 5.45. The number of methoxy groups -OCH3 is 1. The number of nitrogens with one attached hydrogen (secondary N) is 2. The van der Waals surface area contributed by atoms with Crippen molar-refractivity contribution in [1.82, 2.24) is 15.0 Å². The molecule has 0 radical (unpaired) electrons. The zero-order valence-corrected chi connectivity index (χ0v) is 17.3. The summed E-state index contributed by atoms with van der Waals surface area (Å²) in [5.74, 6) is 3.01. The zero-order chi connectivity index (χ0) is 20.8. The van der Waals surface area contributed by atoms with Crippen molar-refractivity contribution in [2.75, 3.05) is 31.2 Å². The minimum absolute atomic E-state index is 0.245. The number of rotatable bonds is 7. The van der Waals surface area contributed by atoms with Crippen LogP contribution in [0, 0.1) is 5.92 Å².